The lowest BCUT2D eigenvalue weighted by Crippen LogP contribution is -2.55. The third-order valence-electron chi connectivity index (χ3n) is 3.26. The normalized spacial score (nSPS) is 26.6. The van der Waals surface area contributed by atoms with Crippen molar-refractivity contribution in [3.8, 4) is 0 Å². The highest BCUT2D eigenvalue weighted by Crippen LogP contribution is 2.12. The van der Waals surface area contributed by atoms with Crippen LogP contribution in [0.5, 0.6) is 0 Å². The van der Waals surface area contributed by atoms with Crippen molar-refractivity contribution < 1.29 is 4.74 Å². The van der Waals surface area contributed by atoms with Gasteiger partial charge < -0.3 is 15.0 Å². The van der Waals surface area contributed by atoms with Gasteiger partial charge in [-0.25, -0.2) is 0 Å². The standard InChI is InChI=1S/C12H27N3O/c1-5-13-11-6-9-16-10-12(11)15(4)8-7-14(2)3/h11-13H,5-10H2,1-4H3. The van der Waals surface area contributed by atoms with Crippen molar-refractivity contribution >= 4 is 0 Å². The van der Waals surface area contributed by atoms with E-state index in [1.165, 1.54) is 0 Å². The van der Waals surface area contributed by atoms with E-state index in [2.05, 4.69) is 43.2 Å². The molecule has 4 nitrogen and oxygen atoms in total. The lowest BCUT2D eigenvalue weighted by Gasteiger charge is -2.38. The molecule has 0 bridgehead atoms. The van der Waals surface area contributed by atoms with Gasteiger partial charge in [-0.1, -0.05) is 6.92 Å². The zero-order valence-electron chi connectivity index (χ0n) is 11.2. The topological polar surface area (TPSA) is 27.7 Å². The van der Waals surface area contributed by atoms with E-state index in [0.717, 1.165) is 39.3 Å². The molecular formula is C12H27N3O. The van der Waals surface area contributed by atoms with Gasteiger partial charge >= 0.3 is 0 Å². The molecule has 1 fully saturated rings. The van der Waals surface area contributed by atoms with E-state index in [-0.39, 0.29) is 0 Å². The molecule has 1 heterocycles. The van der Waals surface area contributed by atoms with Gasteiger partial charge in [-0.2, -0.15) is 0 Å². The summed E-state index contributed by atoms with van der Waals surface area (Å²) < 4.78 is 5.59. The molecule has 96 valence electrons. The molecule has 2 unspecified atom stereocenters. The number of likely N-dealkylation sites (N-methyl/N-ethyl adjacent to an activating group) is 3. The van der Waals surface area contributed by atoms with Crippen LogP contribution in [-0.4, -0.2) is 75.9 Å². The zero-order chi connectivity index (χ0) is 12.0. The average Bonchev–Trinajstić information content (AvgIpc) is 2.27. The molecule has 1 saturated heterocycles. The second-order valence-electron chi connectivity index (χ2n) is 4.88. The minimum atomic E-state index is 0.522. The molecule has 0 saturated carbocycles. The zero-order valence-corrected chi connectivity index (χ0v) is 11.2. The van der Waals surface area contributed by atoms with Crippen molar-refractivity contribution in [1.29, 1.82) is 0 Å². The fourth-order valence-electron chi connectivity index (χ4n) is 2.18. The fourth-order valence-corrected chi connectivity index (χ4v) is 2.18. The second kappa shape index (κ2) is 7.22. The van der Waals surface area contributed by atoms with Crippen LogP contribution in [0.15, 0.2) is 0 Å². The number of nitrogens with zero attached hydrogens (tertiary/aromatic N) is 2. The van der Waals surface area contributed by atoms with Crippen LogP contribution in [0.3, 0.4) is 0 Å². The molecular weight excluding hydrogens is 202 g/mol. The van der Waals surface area contributed by atoms with Gasteiger partial charge in [0.1, 0.15) is 0 Å². The minimum Gasteiger partial charge on any atom is -0.380 e. The highest BCUT2D eigenvalue weighted by Gasteiger charge is 2.27. The Bertz CT molecular complexity index is 185. The quantitative estimate of drug-likeness (QED) is 0.706. The number of hydrogen-bond donors (Lipinski definition) is 1. The Labute approximate surface area is 99.9 Å². The van der Waals surface area contributed by atoms with Gasteiger partial charge in [-0.15, -0.1) is 0 Å². The van der Waals surface area contributed by atoms with Crippen LogP contribution in [0, 0.1) is 0 Å². The van der Waals surface area contributed by atoms with Crippen molar-refractivity contribution in [3.05, 3.63) is 0 Å². The lowest BCUT2D eigenvalue weighted by atomic mass is 10.0. The van der Waals surface area contributed by atoms with Crippen molar-refractivity contribution in [1.82, 2.24) is 15.1 Å². The van der Waals surface area contributed by atoms with Crippen molar-refractivity contribution in [2.75, 3.05) is 54.0 Å². The highest BCUT2D eigenvalue weighted by molar-refractivity contribution is 4.86. The third kappa shape index (κ3) is 4.37. The van der Waals surface area contributed by atoms with E-state index in [0.29, 0.717) is 12.1 Å². The Balaban J connectivity index is 2.40. The molecule has 0 radical (unpaired) electrons. The summed E-state index contributed by atoms with van der Waals surface area (Å²) in [5, 5.41) is 3.57. The monoisotopic (exact) mass is 229 g/mol. The molecule has 0 aromatic heterocycles. The Morgan fingerprint density at radius 1 is 1.25 bits per heavy atom. The van der Waals surface area contributed by atoms with Gasteiger partial charge in [0.15, 0.2) is 0 Å². The number of nitrogens with one attached hydrogen (secondary N) is 1. The number of rotatable bonds is 6. The summed E-state index contributed by atoms with van der Waals surface area (Å²) in [7, 11) is 6.44. The molecule has 0 aromatic rings. The largest absolute Gasteiger partial charge is 0.380 e. The van der Waals surface area contributed by atoms with Crippen LogP contribution in [0.25, 0.3) is 0 Å². The number of hydrogen-bond acceptors (Lipinski definition) is 4. The van der Waals surface area contributed by atoms with Crippen LogP contribution < -0.4 is 5.32 Å². The first-order chi connectivity index (χ1) is 7.65. The van der Waals surface area contributed by atoms with Crippen LogP contribution in [-0.2, 0) is 4.74 Å². The Morgan fingerprint density at radius 3 is 2.62 bits per heavy atom. The second-order valence-corrected chi connectivity index (χ2v) is 4.88. The first-order valence-corrected chi connectivity index (χ1v) is 6.31. The van der Waals surface area contributed by atoms with Crippen molar-refractivity contribution in [2.24, 2.45) is 0 Å². The van der Waals surface area contributed by atoms with E-state index in [1.807, 2.05) is 0 Å². The van der Waals surface area contributed by atoms with E-state index in [1.54, 1.807) is 0 Å². The first-order valence-electron chi connectivity index (χ1n) is 6.31. The van der Waals surface area contributed by atoms with E-state index in [4.69, 9.17) is 4.74 Å². The maximum Gasteiger partial charge on any atom is 0.0636 e. The maximum atomic E-state index is 5.59. The van der Waals surface area contributed by atoms with Gasteiger partial charge in [0, 0.05) is 31.8 Å². The smallest absolute Gasteiger partial charge is 0.0636 e. The van der Waals surface area contributed by atoms with Crippen LogP contribution in [0.1, 0.15) is 13.3 Å². The molecule has 1 aliphatic heterocycles. The van der Waals surface area contributed by atoms with E-state index in [9.17, 15) is 0 Å². The molecule has 1 N–H and O–H groups in total. The highest BCUT2D eigenvalue weighted by atomic mass is 16.5. The first kappa shape index (κ1) is 13.9. The minimum absolute atomic E-state index is 0.522. The fraction of sp³-hybridized carbons (Fsp3) is 1.00. The van der Waals surface area contributed by atoms with E-state index < -0.39 is 0 Å². The Morgan fingerprint density at radius 2 is 2.00 bits per heavy atom. The molecule has 0 amide bonds. The molecule has 2 atom stereocenters. The molecule has 0 aliphatic carbocycles. The molecule has 0 aromatic carbocycles. The average molecular weight is 229 g/mol. The predicted molar refractivity (Wildman–Crippen MR) is 67.9 cm³/mol. The van der Waals surface area contributed by atoms with Gasteiger partial charge in [0.25, 0.3) is 0 Å². The summed E-state index contributed by atoms with van der Waals surface area (Å²) in [6.07, 6.45) is 1.13. The summed E-state index contributed by atoms with van der Waals surface area (Å²) in [6, 6.07) is 1.11. The molecule has 1 aliphatic rings. The molecule has 16 heavy (non-hydrogen) atoms. The van der Waals surface area contributed by atoms with E-state index >= 15 is 0 Å². The summed E-state index contributed by atoms with van der Waals surface area (Å²) in [6.45, 7) is 7.18. The lowest BCUT2D eigenvalue weighted by molar-refractivity contribution is 0.00504. The summed E-state index contributed by atoms with van der Waals surface area (Å²) in [5.41, 5.74) is 0. The summed E-state index contributed by atoms with van der Waals surface area (Å²) in [4.78, 5) is 4.65. The maximum absolute atomic E-state index is 5.59. The van der Waals surface area contributed by atoms with Crippen LogP contribution >= 0.6 is 0 Å². The van der Waals surface area contributed by atoms with Crippen LogP contribution in [0.2, 0.25) is 0 Å². The van der Waals surface area contributed by atoms with Crippen molar-refractivity contribution in [2.45, 2.75) is 25.4 Å². The Kier molecular flexibility index (Phi) is 6.28. The summed E-state index contributed by atoms with van der Waals surface area (Å²) >= 11 is 0. The third-order valence-corrected chi connectivity index (χ3v) is 3.26. The van der Waals surface area contributed by atoms with Crippen molar-refractivity contribution in [3.63, 3.8) is 0 Å². The number of ether oxygens (including phenoxy) is 1. The molecule has 0 spiro atoms. The van der Waals surface area contributed by atoms with Gasteiger partial charge in [-0.3, -0.25) is 4.90 Å². The summed E-state index contributed by atoms with van der Waals surface area (Å²) in [5.74, 6) is 0. The van der Waals surface area contributed by atoms with Gasteiger partial charge in [-0.05, 0) is 34.1 Å². The van der Waals surface area contributed by atoms with Gasteiger partial charge in [0.2, 0.25) is 0 Å². The molecule has 4 heteroatoms. The SMILES string of the molecule is CCNC1CCOCC1N(C)CCN(C)C. The van der Waals surface area contributed by atoms with Gasteiger partial charge in [0.05, 0.1) is 6.61 Å². The predicted octanol–water partition coefficient (Wildman–Crippen LogP) is 0.247. The Hall–Kier alpha value is -0.160. The van der Waals surface area contributed by atoms with Crippen LogP contribution in [0.4, 0.5) is 0 Å². The molecule has 1 rings (SSSR count).